The van der Waals surface area contributed by atoms with Crippen LogP contribution in [0.5, 0.6) is 0 Å². The topological polar surface area (TPSA) is 29.5 Å². The molecule has 1 fully saturated rings. The summed E-state index contributed by atoms with van der Waals surface area (Å²) >= 11 is 0. The number of likely N-dealkylation sites (N-methyl/N-ethyl adjacent to an activating group) is 1. The van der Waals surface area contributed by atoms with Gasteiger partial charge in [-0.1, -0.05) is 6.07 Å². The minimum absolute atomic E-state index is 0.0504. The average Bonchev–Trinajstić information content (AvgIpc) is 2.74. The van der Waals surface area contributed by atoms with E-state index in [-0.39, 0.29) is 23.7 Å². The summed E-state index contributed by atoms with van der Waals surface area (Å²) in [6.45, 7) is 4.11. The maximum atomic E-state index is 14.0. The van der Waals surface area contributed by atoms with Crippen LogP contribution < -0.4 is 4.90 Å². The minimum atomic E-state index is -0.357. The fourth-order valence-corrected chi connectivity index (χ4v) is 2.55. The van der Waals surface area contributed by atoms with Crippen LogP contribution in [0.1, 0.15) is 30.6 Å². The van der Waals surface area contributed by atoms with Crippen LogP contribution in [0, 0.1) is 5.82 Å². The maximum absolute atomic E-state index is 14.0. The number of ketones is 1. The third-order valence-electron chi connectivity index (χ3n) is 3.55. The number of para-hydroxylation sites is 1. The van der Waals surface area contributed by atoms with Crippen molar-refractivity contribution >= 4 is 11.5 Å². The zero-order valence-electron chi connectivity index (χ0n) is 10.9. The van der Waals surface area contributed by atoms with E-state index in [2.05, 4.69) is 0 Å². The van der Waals surface area contributed by atoms with Gasteiger partial charge in [0.2, 0.25) is 0 Å². The van der Waals surface area contributed by atoms with Crippen molar-refractivity contribution in [2.45, 2.75) is 32.4 Å². The number of hydrogen-bond acceptors (Lipinski definition) is 3. The molecule has 1 aliphatic heterocycles. The Morgan fingerprint density at radius 2 is 2.22 bits per heavy atom. The Morgan fingerprint density at radius 1 is 1.50 bits per heavy atom. The molecule has 0 radical (unpaired) electrons. The van der Waals surface area contributed by atoms with Crippen LogP contribution in [0.4, 0.5) is 10.1 Å². The van der Waals surface area contributed by atoms with E-state index in [0.717, 1.165) is 6.42 Å². The smallest absolute Gasteiger partial charge is 0.161 e. The van der Waals surface area contributed by atoms with Crippen LogP contribution in [-0.2, 0) is 4.74 Å². The summed E-state index contributed by atoms with van der Waals surface area (Å²) in [6, 6.07) is 4.73. The number of nitrogens with zero attached hydrogens (tertiary/aromatic N) is 1. The molecule has 1 heterocycles. The van der Waals surface area contributed by atoms with Crippen LogP contribution in [0.25, 0.3) is 0 Å². The molecule has 3 nitrogen and oxygen atoms in total. The van der Waals surface area contributed by atoms with Crippen LogP contribution in [0.3, 0.4) is 0 Å². The van der Waals surface area contributed by atoms with Crippen molar-refractivity contribution in [1.29, 1.82) is 0 Å². The number of hydrogen-bond donors (Lipinski definition) is 0. The molecular weight excluding hydrogens is 233 g/mol. The van der Waals surface area contributed by atoms with Gasteiger partial charge in [0.15, 0.2) is 5.78 Å². The second kappa shape index (κ2) is 5.06. The highest BCUT2D eigenvalue weighted by Gasteiger charge is 2.30. The Balaban J connectivity index is 2.40. The number of carbonyl (C=O) groups excluding carboxylic acids is 1. The molecule has 0 spiro atoms. The molecule has 1 aliphatic rings. The van der Waals surface area contributed by atoms with Crippen LogP contribution in [-0.4, -0.2) is 31.6 Å². The third-order valence-corrected chi connectivity index (χ3v) is 3.55. The summed E-state index contributed by atoms with van der Waals surface area (Å²) in [6.07, 6.45) is 0.901. The fourth-order valence-electron chi connectivity index (χ4n) is 2.55. The van der Waals surface area contributed by atoms with Crippen molar-refractivity contribution in [2.24, 2.45) is 0 Å². The number of rotatable bonds is 3. The lowest BCUT2D eigenvalue weighted by Gasteiger charge is -2.30. The molecule has 1 saturated heterocycles. The lowest BCUT2D eigenvalue weighted by atomic mass is 10.0. The number of anilines is 1. The Morgan fingerprint density at radius 3 is 2.78 bits per heavy atom. The van der Waals surface area contributed by atoms with E-state index < -0.39 is 0 Å². The van der Waals surface area contributed by atoms with Gasteiger partial charge in [-0.3, -0.25) is 4.79 Å². The van der Waals surface area contributed by atoms with Crippen molar-refractivity contribution in [3.8, 4) is 0 Å². The van der Waals surface area contributed by atoms with Gasteiger partial charge in [0, 0.05) is 19.2 Å². The van der Waals surface area contributed by atoms with Gasteiger partial charge in [-0.25, -0.2) is 4.39 Å². The third kappa shape index (κ3) is 2.25. The van der Waals surface area contributed by atoms with E-state index in [9.17, 15) is 9.18 Å². The first-order valence-corrected chi connectivity index (χ1v) is 6.16. The predicted molar refractivity (Wildman–Crippen MR) is 68.6 cm³/mol. The first kappa shape index (κ1) is 13.0. The summed E-state index contributed by atoms with van der Waals surface area (Å²) in [4.78, 5) is 13.4. The van der Waals surface area contributed by atoms with Crippen LogP contribution in [0.2, 0.25) is 0 Å². The number of halogens is 1. The van der Waals surface area contributed by atoms with Gasteiger partial charge in [0.1, 0.15) is 5.82 Å². The summed E-state index contributed by atoms with van der Waals surface area (Å²) in [7, 11) is 1.82. The first-order valence-electron chi connectivity index (χ1n) is 6.16. The first-order chi connectivity index (χ1) is 8.52. The molecule has 0 aliphatic carbocycles. The number of ether oxygens (including phenoxy) is 1. The number of benzene rings is 1. The van der Waals surface area contributed by atoms with Crippen molar-refractivity contribution in [1.82, 2.24) is 0 Å². The van der Waals surface area contributed by atoms with E-state index in [1.54, 1.807) is 12.1 Å². The van der Waals surface area contributed by atoms with Gasteiger partial charge in [-0.15, -0.1) is 0 Å². The van der Waals surface area contributed by atoms with Gasteiger partial charge < -0.3 is 9.64 Å². The molecule has 2 unspecified atom stereocenters. The fraction of sp³-hybridized carbons (Fsp3) is 0.500. The molecular formula is C14H18FNO2. The Hall–Kier alpha value is -1.42. The molecule has 0 N–H and O–H groups in total. The summed E-state index contributed by atoms with van der Waals surface area (Å²) in [5.41, 5.74) is 0.809. The molecule has 0 amide bonds. The summed E-state index contributed by atoms with van der Waals surface area (Å²) in [5.74, 6) is -0.479. The number of Topliss-reactive ketones (excluding diaryl/α,β-unsaturated/α-hetero) is 1. The van der Waals surface area contributed by atoms with Crippen LogP contribution >= 0.6 is 0 Å². The zero-order chi connectivity index (χ0) is 13.3. The van der Waals surface area contributed by atoms with E-state index in [1.807, 2.05) is 18.9 Å². The molecule has 1 aromatic rings. The quantitative estimate of drug-likeness (QED) is 0.773. The van der Waals surface area contributed by atoms with Crippen molar-refractivity contribution < 1.29 is 13.9 Å². The maximum Gasteiger partial charge on any atom is 0.161 e. The zero-order valence-corrected chi connectivity index (χ0v) is 10.9. The summed E-state index contributed by atoms with van der Waals surface area (Å²) in [5, 5.41) is 0. The standard InChI is InChI=1S/C14H18FNO2/c1-9(17)11-5-4-6-12(15)14(11)16(3)13-7-8-18-10(13)2/h4-6,10,13H,7-8H2,1-3H3. The average molecular weight is 251 g/mol. The molecule has 0 bridgehead atoms. The monoisotopic (exact) mass is 251 g/mol. The Labute approximate surface area is 107 Å². The van der Waals surface area contributed by atoms with Crippen molar-refractivity contribution in [3.05, 3.63) is 29.6 Å². The van der Waals surface area contributed by atoms with Crippen molar-refractivity contribution in [3.63, 3.8) is 0 Å². The highest BCUT2D eigenvalue weighted by Crippen LogP contribution is 2.29. The normalized spacial score (nSPS) is 23.1. The second-order valence-corrected chi connectivity index (χ2v) is 4.74. The predicted octanol–water partition coefficient (Wildman–Crippen LogP) is 2.64. The lowest BCUT2D eigenvalue weighted by Crippen LogP contribution is -2.38. The van der Waals surface area contributed by atoms with Gasteiger partial charge >= 0.3 is 0 Å². The second-order valence-electron chi connectivity index (χ2n) is 4.74. The van der Waals surface area contributed by atoms with E-state index in [0.29, 0.717) is 17.9 Å². The molecule has 0 saturated carbocycles. The largest absolute Gasteiger partial charge is 0.376 e. The minimum Gasteiger partial charge on any atom is -0.376 e. The molecule has 98 valence electrons. The lowest BCUT2D eigenvalue weighted by molar-refractivity contribution is 0.101. The Kier molecular flexibility index (Phi) is 3.66. The van der Waals surface area contributed by atoms with Gasteiger partial charge in [-0.2, -0.15) is 0 Å². The van der Waals surface area contributed by atoms with Crippen molar-refractivity contribution in [2.75, 3.05) is 18.6 Å². The van der Waals surface area contributed by atoms with E-state index >= 15 is 0 Å². The molecule has 1 aromatic carbocycles. The molecule has 2 atom stereocenters. The summed E-state index contributed by atoms with van der Waals surface area (Å²) < 4.78 is 19.5. The highest BCUT2D eigenvalue weighted by molar-refractivity contribution is 5.99. The van der Waals surface area contributed by atoms with E-state index in [4.69, 9.17) is 4.74 Å². The molecule has 0 aromatic heterocycles. The molecule has 2 rings (SSSR count). The van der Waals surface area contributed by atoms with Gasteiger partial charge in [0.05, 0.1) is 17.8 Å². The van der Waals surface area contributed by atoms with Crippen LogP contribution in [0.15, 0.2) is 18.2 Å². The molecule has 4 heteroatoms. The molecule has 18 heavy (non-hydrogen) atoms. The number of carbonyl (C=O) groups is 1. The highest BCUT2D eigenvalue weighted by atomic mass is 19.1. The van der Waals surface area contributed by atoms with Gasteiger partial charge in [-0.05, 0) is 32.4 Å². The van der Waals surface area contributed by atoms with Gasteiger partial charge in [0.25, 0.3) is 0 Å². The Bertz CT molecular complexity index is 461. The van der Waals surface area contributed by atoms with E-state index in [1.165, 1.54) is 13.0 Å². The SMILES string of the molecule is CC(=O)c1cccc(F)c1N(C)C1CCOC1C.